The predicted molar refractivity (Wildman–Crippen MR) is 96.8 cm³/mol. The molecule has 1 atom stereocenters. The summed E-state index contributed by atoms with van der Waals surface area (Å²) in [4.78, 5) is 26.7. The average molecular weight is 396 g/mol. The van der Waals surface area contributed by atoms with Crippen molar-refractivity contribution >= 4 is 34.2 Å². The molecule has 0 spiro atoms. The van der Waals surface area contributed by atoms with Crippen molar-refractivity contribution in [3.8, 4) is 0 Å². The van der Waals surface area contributed by atoms with E-state index in [0.29, 0.717) is 18.9 Å². The van der Waals surface area contributed by atoms with Gasteiger partial charge in [0.05, 0.1) is 6.54 Å². The summed E-state index contributed by atoms with van der Waals surface area (Å²) in [6.07, 6.45) is 1.77. The summed E-state index contributed by atoms with van der Waals surface area (Å²) in [6, 6.07) is 1.09. The summed E-state index contributed by atoms with van der Waals surface area (Å²) in [6.45, 7) is 4.05. The molecule has 0 bridgehead atoms. The van der Waals surface area contributed by atoms with Gasteiger partial charge in [-0.15, -0.1) is 12.4 Å². The van der Waals surface area contributed by atoms with E-state index in [2.05, 4.69) is 9.71 Å². The number of hydrogen-bond acceptors (Lipinski definition) is 5. The van der Waals surface area contributed by atoms with Crippen LogP contribution in [0.15, 0.2) is 17.2 Å². The van der Waals surface area contributed by atoms with Crippen LogP contribution in [0.5, 0.6) is 0 Å². The summed E-state index contributed by atoms with van der Waals surface area (Å²) < 4.78 is 26.3. The molecule has 0 saturated heterocycles. The quantitative estimate of drug-likeness (QED) is 0.450. The monoisotopic (exact) mass is 395 g/mol. The zero-order valence-corrected chi connectivity index (χ0v) is 16.1. The summed E-state index contributed by atoms with van der Waals surface area (Å²) in [5.74, 6) is -0.839. The van der Waals surface area contributed by atoms with Gasteiger partial charge in [-0.25, -0.2) is 13.1 Å². The minimum absolute atomic E-state index is 0. The largest absolute Gasteiger partial charge is 0.364 e. The predicted octanol–water partition coefficient (Wildman–Crippen LogP) is -0.354. The van der Waals surface area contributed by atoms with Crippen LogP contribution in [0, 0.1) is 5.92 Å². The van der Waals surface area contributed by atoms with Gasteiger partial charge in [0.1, 0.15) is 10.6 Å². The summed E-state index contributed by atoms with van der Waals surface area (Å²) in [5.41, 5.74) is 10.9. The molecule has 1 rings (SSSR count). The van der Waals surface area contributed by atoms with Gasteiger partial charge in [-0.1, -0.05) is 13.8 Å². The molecular weight excluding hydrogens is 370 g/mol. The van der Waals surface area contributed by atoms with Gasteiger partial charge in [0.25, 0.3) is 5.91 Å². The van der Waals surface area contributed by atoms with E-state index < -0.39 is 15.9 Å². The number of primary amides is 1. The number of H-pyrrole nitrogens is 1. The van der Waals surface area contributed by atoms with E-state index in [1.54, 1.807) is 7.05 Å². The van der Waals surface area contributed by atoms with Gasteiger partial charge in [-0.05, 0) is 18.4 Å². The highest BCUT2D eigenvalue weighted by atomic mass is 35.5. The second kappa shape index (κ2) is 9.76. The summed E-state index contributed by atoms with van der Waals surface area (Å²) in [7, 11) is -2.32. The molecule has 1 aromatic rings. The standard InChI is InChI=1S/C14H25N5O4S.ClH/c1-9(2)11(15)4-5-19(3)13(20)8-18-24(22,23)10-6-12(14(16)21)17-7-10;/h6-7,9,11,17-18H,4-5,8,15H2,1-3H3,(H2,16,21);1H. The zero-order chi connectivity index (χ0) is 18.5. The number of carbonyl (C=O) groups is 2. The van der Waals surface area contributed by atoms with Crippen molar-refractivity contribution in [3.05, 3.63) is 18.0 Å². The maximum atomic E-state index is 12.1. The van der Waals surface area contributed by atoms with Crippen molar-refractivity contribution in [1.29, 1.82) is 0 Å². The minimum Gasteiger partial charge on any atom is -0.364 e. The Hall–Kier alpha value is -1.62. The lowest BCUT2D eigenvalue weighted by Crippen LogP contribution is -2.40. The molecule has 0 aliphatic heterocycles. The first kappa shape index (κ1) is 23.4. The Bertz CT molecular complexity index is 689. The number of halogens is 1. The SMILES string of the molecule is CC(C)C(N)CCN(C)C(=O)CNS(=O)(=O)c1c[nH]c(C(N)=O)c1.Cl. The van der Waals surface area contributed by atoms with Crippen molar-refractivity contribution in [2.45, 2.75) is 31.2 Å². The summed E-state index contributed by atoms with van der Waals surface area (Å²) in [5, 5.41) is 0. The maximum Gasteiger partial charge on any atom is 0.265 e. The topological polar surface area (TPSA) is 151 Å². The van der Waals surface area contributed by atoms with Crippen LogP contribution in [0.1, 0.15) is 30.8 Å². The molecule has 0 saturated carbocycles. The number of hydrogen-bond donors (Lipinski definition) is 4. The van der Waals surface area contributed by atoms with Gasteiger partial charge in [-0.2, -0.15) is 0 Å². The van der Waals surface area contributed by atoms with Gasteiger partial charge in [0, 0.05) is 25.8 Å². The first-order chi connectivity index (χ1) is 11.0. The molecule has 1 unspecified atom stereocenters. The lowest BCUT2D eigenvalue weighted by atomic mass is 10.0. The highest BCUT2D eigenvalue weighted by Crippen LogP contribution is 2.10. The van der Waals surface area contributed by atoms with Crippen LogP contribution in [-0.4, -0.2) is 56.3 Å². The number of sulfonamides is 1. The number of likely N-dealkylation sites (N-methyl/N-ethyl adjacent to an activating group) is 1. The van der Waals surface area contributed by atoms with Crippen LogP contribution in [-0.2, 0) is 14.8 Å². The number of aromatic nitrogens is 1. The van der Waals surface area contributed by atoms with Crippen LogP contribution in [0.4, 0.5) is 0 Å². The Morgan fingerprint density at radius 2 is 1.96 bits per heavy atom. The molecule has 2 amide bonds. The number of carbonyl (C=O) groups excluding carboxylic acids is 2. The van der Waals surface area contributed by atoms with E-state index in [9.17, 15) is 18.0 Å². The fourth-order valence-electron chi connectivity index (χ4n) is 1.85. The van der Waals surface area contributed by atoms with Gasteiger partial charge >= 0.3 is 0 Å². The van der Waals surface area contributed by atoms with Crippen LogP contribution in [0.25, 0.3) is 0 Å². The van der Waals surface area contributed by atoms with E-state index in [-0.39, 0.29) is 41.5 Å². The van der Waals surface area contributed by atoms with Gasteiger partial charge < -0.3 is 21.4 Å². The van der Waals surface area contributed by atoms with Crippen LogP contribution < -0.4 is 16.2 Å². The third-order valence-corrected chi connectivity index (χ3v) is 5.11. The van der Waals surface area contributed by atoms with Gasteiger partial charge in [-0.3, -0.25) is 9.59 Å². The molecule has 9 nitrogen and oxygen atoms in total. The molecule has 25 heavy (non-hydrogen) atoms. The molecule has 0 aliphatic rings. The van der Waals surface area contributed by atoms with E-state index in [1.807, 2.05) is 13.8 Å². The van der Waals surface area contributed by atoms with E-state index in [4.69, 9.17) is 11.5 Å². The van der Waals surface area contributed by atoms with Gasteiger partial charge in [0.15, 0.2) is 0 Å². The number of nitrogens with one attached hydrogen (secondary N) is 2. The molecule has 0 aliphatic carbocycles. The lowest BCUT2D eigenvalue weighted by molar-refractivity contribution is -0.128. The Kier molecular flexibility index (Phi) is 9.12. The van der Waals surface area contributed by atoms with Crippen LogP contribution in [0.3, 0.4) is 0 Å². The number of nitrogens with zero attached hydrogens (tertiary/aromatic N) is 1. The van der Waals surface area contributed by atoms with Crippen molar-refractivity contribution in [2.75, 3.05) is 20.1 Å². The normalized spacial score (nSPS) is 12.5. The Morgan fingerprint density at radius 3 is 2.44 bits per heavy atom. The Balaban J connectivity index is 0.00000576. The number of rotatable bonds is 9. The number of nitrogens with two attached hydrogens (primary N) is 2. The highest BCUT2D eigenvalue weighted by Gasteiger charge is 2.20. The molecule has 144 valence electrons. The molecule has 1 heterocycles. The van der Waals surface area contributed by atoms with Crippen molar-refractivity contribution in [2.24, 2.45) is 17.4 Å². The molecule has 1 aromatic heterocycles. The second-order valence-corrected chi connectivity index (χ2v) is 7.72. The molecule has 0 aromatic carbocycles. The third kappa shape index (κ3) is 7.02. The average Bonchev–Trinajstić information content (AvgIpc) is 3.00. The first-order valence-corrected chi connectivity index (χ1v) is 9.00. The molecule has 0 radical (unpaired) electrons. The van der Waals surface area contributed by atoms with E-state index in [1.165, 1.54) is 4.90 Å². The van der Waals surface area contributed by atoms with Crippen molar-refractivity contribution in [3.63, 3.8) is 0 Å². The lowest BCUT2D eigenvalue weighted by Gasteiger charge is -2.21. The molecule has 11 heteroatoms. The maximum absolute atomic E-state index is 12.1. The molecule has 0 fully saturated rings. The molecular formula is C14H26ClN5O4S. The Labute approximate surface area is 154 Å². The fraction of sp³-hybridized carbons (Fsp3) is 0.571. The smallest absolute Gasteiger partial charge is 0.265 e. The second-order valence-electron chi connectivity index (χ2n) is 5.95. The van der Waals surface area contributed by atoms with Gasteiger partial charge in [0.2, 0.25) is 15.9 Å². The third-order valence-electron chi connectivity index (χ3n) is 3.73. The summed E-state index contributed by atoms with van der Waals surface area (Å²) >= 11 is 0. The fourth-order valence-corrected chi connectivity index (χ4v) is 2.81. The van der Waals surface area contributed by atoms with E-state index >= 15 is 0 Å². The number of amides is 2. The van der Waals surface area contributed by atoms with Crippen molar-refractivity contribution in [1.82, 2.24) is 14.6 Å². The van der Waals surface area contributed by atoms with Crippen LogP contribution >= 0.6 is 12.4 Å². The van der Waals surface area contributed by atoms with Crippen molar-refractivity contribution < 1.29 is 18.0 Å². The first-order valence-electron chi connectivity index (χ1n) is 7.52. The minimum atomic E-state index is -3.91. The highest BCUT2D eigenvalue weighted by molar-refractivity contribution is 7.89. The zero-order valence-electron chi connectivity index (χ0n) is 14.5. The van der Waals surface area contributed by atoms with E-state index in [0.717, 1.165) is 12.3 Å². The number of aromatic amines is 1. The Morgan fingerprint density at radius 1 is 1.36 bits per heavy atom. The van der Waals surface area contributed by atoms with Crippen LogP contribution in [0.2, 0.25) is 0 Å². The molecule has 6 N–H and O–H groups in total.